The van der Waals surface area contributed by atoms with E-state index in [0.29, 0.717) is 6.04 Å². The van der Waals surface area contributed by atoms with E-state index in [0.717, 1.165) is 36.5 Å². The summed E-state index contributed by atoms with van der Waals surface area (Å²) in [6.45, 7) is 1.90. The van der Waals surface area contributed by atoms with Gasteiger partial charge in [-0.1, -0.05) is 30.3 Å². The van der Waals surface area contributed by atoms with E-state index in [9.17, 15) is 0 Å². The van der Waals surface area contributed by atoms with Gasteiger partial charge in [0.25, 0.3) is 0 Å². The van der Waals surface area contributed by atoms with Crippen molar-refractivity contribution in [1.82, 2.24) is 19.9 Å². The number of pyridine rings is 1. The van der Waals surface area contributed by atoms with Gasteiger partial charge in [0.15, 0.2) is 5.65 Å². The molecular formula is C17H18N4. The fourth-order valence-electron chi connectivity index (χ4n) is 3.07. The lowest BCUT2D eigenvalue weighted by Gasteiger charge is -2.13. The molecule has 4 heteroatoms. The standard InChI is InChI=1S/C17H18N4/c1-2-6-13(7-3-1)12-21-16-15(9-5-11-19-16)20-17(21)14-8-4-10-18-14/h1-3,5-7,9,11,14,18H,4,8,10,12H2/t14-/m1/s1. The fraction of sp³-hybridized carbons (Fsp3) is 0.294. The molecule has 0 unspecified atom stereocenters. The number of fused-ring (bicyclic) bond motifs is 1. The molecule has 21 heavy (non-hydrogen) atoms. The molecular weight excluding hydrogens is 260 g/mol. The number of rotatable bonds is 3. The van der Waals surface area contributed by atoms with Gasteiger partial charge in [0.05, 0.1) is 12.6 Å². The molecule has 3 heterocycles. The lowest BCUT2D eigenvalue weighted by molar-refractivity contribution is 0.570. The number of hydrogen-bond acceptors (Lipinski definition) is 3. The molecule has 0 spiro atoms. The quantitative estimate of drug-likeness (QED) is 0.801. The maximum atomic E-state index is 4.83. The van der Waals surface area contributed by atoms with Crippen molar-refractivity contribution in [2.75, 3.05) is 6.54 Å². The van der Waals surface area contributed by atoms with Gasteiger partial charge in [0.1, 0.15) is 11.3 Å². The Labute approximate surface area is 123 Å². The summed E-state index contributed by atoms with van der Waals surface area (Å²) in [6, 6.07) is 14.9. The van der Waals surface area contributed by atoms with Gasteiger partial charge in [0.2, 0.25) is 0 Å². The molecule has 1 fully saturated rings. The second-order valence-corrected chi connectivity index (χ2v) is 5.54. The van der Waals surface area contributed by atoms with Crippen molar-refractivity contribution in [2.45, 2.75) is 25.4 Å². The Balaban J connectivity index is 1.82. The van der Waals surface area contributed by atoms with Gasteiger partial charge in [-0.15, -0.1) is 0 Å². The molecule has 2 aromatic heterocycles. The van der Waals surface area contributed by atoms with Gasteiger partial charge in [-0.3, -0.25) is 0 Å². The predicted octanol–water partition coefficient (Wildman–Crippen LogP) is 2.90. The lowest BCUT2D eigenvalue weighted by Crippen LogP contribution is -2.18. The highest BCUT2D eigenvalue weighted by Gasteiger charge is 2.23. The molecule has 106 valence electrons. The molecule has 0 amide bonds. The first-order chi connectivity index (χ1) is 10.4. The molecule has 1 aliphatic heterocycles. The fourth-order valence-corrected chi connectivity index (χ4v) is 3.07. The predicted molar refractivity (Wildman–Crippen MR) is 83.0 cm³/mol. The van der Waals surface area contributed by atoms with Crippen molar-refractivity contribution in [3.63, 3.8) is 0 Å². The Morgan fingerprint density at radius 1 is 1.14 bits per heavy atom. The van der Waals surface area contributed by atoms with Crippen molar-refractivity contribution >= 4 is 11.2 Å². The highest BCUT2D eigenvalue weighted by atomic mass is 15.2. The van der Waals surface area contributed by atoms with Gasteiger partial charge in [-0.2, -0.15) is 0 Å². The first kappa shape index (κ1) is 12.5. The van der Waals surface area contributed by atoms with Crippen LogP contribution in [0.1, 0.15) is 30.3 Å². The summed E-state index contributed by atoms with van der Waals surface area (Å²) in [5, 5.41) is 3.55. The monoisotopic (exact) mass is 278 g/mol. The van der Waals surface area contributed by atoms with Gasteiger partial charge in [0, 0.05) is 6.20 Å². The number of hydrogen-bond donors (Lipinski definition) is 1. The van der Waals surface area contributed by atoms with Gasteiger partial charge >= 0.3 is 0 Å². The second-order valence-electron chi connectivity index (χ2n) is 5.54. The summed E-state index contributed by atoms with van der Waals surface area (Å²) < 4.78 is 2.26. The Morgan fingerprint density at radius 3 is 2.86 bits per heavy atom. The third kappa shape index (κ3) is 2.32. The number of nitrogens with zero attached hydrogens (tertiary/aromatic N) is 3. The van der Waals surface area contributed by atoms with Crippen LogP contribution in [0, 0.1) is 0 Å². The van der Waals surface area contributed by atoms with Gasteiger partial charge in [-0.25, -0.2) is 9.97 Å². The SMILES string of the molecule is c1ccc(Cn2c([C@H]3CCCN3)nc3cccnc32)cc1. The highest BCUT2D eigenvalue weighted by molar-refractivity contribution is 5.71. The van der Waals surface area contributed by atoms with E-state index in [1.807, 2.05) is 24.4 Å². The summed E-state index contributed by atoms with van der Waals surface area (Å²) in [5.74, 6) is 1.12. The van der Waals surface area contributed by atoms with Crippen LogP contribution in [0.15, 0.2) is 48.7 Å². The number of nitrogens with one attached hydrogen (secondary N) is 1. The summed E-state index contributed by atoms with van der Waals surface area (Å²) in [7, 11) is 0. The largest absolute Gasteiger partial charge is 0.307 e. The Hall–Kier alpha value is -2.20. The van der Waals surface area contributed by atoms with Crippen molar-refractivity contribution in [2.24, 2.45) is 0 Å². The third-order valence-corrected chi connectivity index (χ3v) is 4.09. The molecule has 1 saturated heterocycles. The molecule has 4 nitrogen and oxygen atoms in total. The van der Waals surface area contributed by atoms with Crippen LogP contribution in [0.2, 0.25) is 0 Å². The summed E-state index contributed by atoms with van der Waals surface area (Å²) >= 11 is 0. The first-order valence-electron chi connectivity index (χ1n) is 7.50. The summed E-state index contributed by atoms with van der Waals surface area (Å²) in [6.07, 6.45) is 4.21. The average molecular weight is 278 g/mol. The van der Waals surface area contributed by atoms with Gasteiger partial charge < -0.3 is 9.88 Å². The van der Waals surface area contributed by atoms with Crippen LogP contribution in [0.5, 0.6) is 0 Å². The molecule has 0 saturated carbocycles. The van der Waals surface area contributed by atoms with E-state index >= 15 is 0 Å². The summed E-state index contributed by atoms with van der Waals surface area (Å²) in [4.78, 5) is 9.37. The average Bonchev–Trinajstić information content (AvgIpc) is 3.16. The van der Waals surface area contributed by atoms with Crippen LogP contribution in [0.25, 0.3) is 11.2 Å². The molecule has 0 aliphatic carbocycles. The van der Waals surface area contributed by atoms with E-state index in [-0.39, 0.29) is 0 Å². The third-order valence-electron chi connectivity index (χ3n) is 4.09. The topological polar surface area (TPSA) is 42.7 Å². The smallest absolute Gasteiger partial charge is 0.160 e. The molecule has 0 radical (unpaired) electrons. The maximum absolute atomic E-state index is 4.83. The van der Waals surface area contributed by atoms with E-state index < -0.39 is 0 Å². The maximum Gasteiger partial charge on any atom is 0.160 e. The molecule has 1 N–H and O–H groups in total. The van der Waals surface area contributed by atoms with Crippen molar-refractivity contribution in [1.29, 1.82) is 0 Å². The van der Waals surface area contributed by atoms with E-state index in [2.05, 4.69) is 39.1 Å². The molecule has 4 rings (SSSR count). The Bertz CT molecular complexity index is 742. The minimum atomic E-state index is 0.350. The van der Waals surface area contributed by atoms with Crippen molar-refractivity contribution in [3.05, 3.63) is 60.0 Å². The van der Waals surface area contributed by atoms with Gasteiger partial charge in [-0.05, 0) is 37.1 Å². The van der Waals surface area contributed by atoms with Crippen LogP contribution < -0.4 is 5.32 Å². The van der Waals surface area contributed by atoms with E-state index in [1.165, 1.54) is 12.0 Å². The zero-order valence-electron chi connectivity index (χ0n) is 11.9. The highest BCUT2D eigenvalue weighted by Crippen LogP contribution is 2.26. The molecule has 1 atom stereocenters. The number of aromatic nitrogens is 3. The lowest BCUT2D eigenvalue weighted by atomic mass is 10.2. The van der Waals surface area contributed by atoms with E-state index in [4.69, 9.17) is 4.98 Å². The molecule has 1 aromatic carbocycles. The number of benzene rings is 1. The Morgan fingerprint density at radius 2 is 2.05 bits per heavy atom. The van der Waals surface area contributed by atoms with Crippen LogP contribution in [0.3, 0.4) is 0 Å². The zero-order valence-corrected chi connectivity index (χ0v) is 11.9. The second kappa shape index (κ2) is 5.30. The van der Waals surface area contributed by atoms with Crippen molar-refractivity contribution < 1.29 is 0 Å². The zero-order chi connectivity index (χ0) is 14.1. The minimum absolute atomic E-state index is 0.350. The Kier molecular flexibility index (Phi) is 3.16. The van der Waals surface area contributed by atoms with Crippen molar-refractivity contribution in [3.8, 4) is 0 Å². The van der Waals surface area contributed by atoms with E-state index in [1.54, 1.807) is 0 Å². The molecule has 1 aliphatic rings. The number of imidazole rings is 1. The summed E-state index contributed by atoms with van der Waals surface area (Å²) in [5.41, 5.74) is 3.24. The van der Waals surface area contributed by atoms with Crippen LogP contribution in [-0.4, -0.2) is 21.1 Å². The van der Waals surface area contributed by atoms with Crippen LogP contribution in [0.4, 0.5) is 0 Å². The van der Waals surface area contributed by atoms with Crippen LogP contribution >= 0.6 is 0 Å². The normalized spacial score (nSPS) is 18.4. The minimum Gasteiger partial charge on any atom is -0.307 e. The van der Waals surface area contributed by atoms with Crippen LogP contribution in [-0.2, 0) is 6.54 Å². The molecule has 0 bridgehead atoms. The molecule has 3 aromatic rings. The first-order valence-corrected chi connectivity index (χ1v) is 7.50.